The van der Waals surface area contributed by atoms with Gasteiger partial charge in [-0.15, -0.1) is 0 Å². The first-order valence-electron chi connectivity index (χ1n) is 15.8. The SMILES string of the molecule is Cc1cc2c(cc1C)C1=CC=C3c4c(c(-c5ccccc5)c5cc6ccccc6cc5c4-c4ccccc4)C4=CC=C2C1C43. The molecule has 0 fully saturated rings. The van der Waals surface area contributed by atoms with Crippen molar-refractivity contribution >= 4 is 43.8 Å². The van der Waals surface area contributed by atoms with Crippen molar-refractivity contribution in [1.29, 1.82) is 0 Å². The van der Waals surface area contributed by atoms with E-state index < -0.39 is 0 Å². The molecule has 4 aliphatic rings. The molecule has 0 aliphatic heterocycles. The van der Waals surface area contributed by atoms with E-state index in [2.05, 4.69) is 147 Å². The van der Waals surface area contributed by atoms with Gasteiger partial charge in [0.15, 0.2) is 0 Å². The van der Waals surface area contributed by atoms with Crippen molar-refractivity contribution in [3.05, 3.63) is 167 Å². The number of hydrogen-bond donors (Lipinski definition) is 0. The van der Waals surface area contributed by atoms with Gasteiger partial charge < -0.3 is 0 Å². The van der Waals surface area contributed by atoms with Gasteiger partial charge >= 0.3 is 0 Å². The Balaban J connectivity index is 1.39. The Kier molecular flexibility index (Phi) is 4.79. The van der Waals surface area contributed by atoms with E-state index in [-0.39, 0.29) is 0 Å². The van der Waals surface area contributed by atoms with Crippen LogP contribution in [0.2, 0.25) is 0 Å². The summed E-state index contributed by atoms with van der Waals surface area (Å²) in [5.41, 5.74) is 19.6. The number of benzene rings is 6. The molecule has 206 valence electrons. The van der Waals surface area contributed by atoms with Crippen LogP contribution in [0.3, 0.4) is 0 Å². The van der Waals surface area contributed by atoms with Crippen LogP contribution in [0.25, 0.3) is 66.1 Å². The number of aryl methyl sites for hydroxylation is 2. The minimum absolute atomic E-state index is 0.314. The third kappa shape index (κ3) is 3.08. The largest absolute Gasteiger partial charge is 0.0622 e. The normalized spacial score (nSPS) is 18.8. The molecule has 0 radical (unpaired) electrons. The highest BCUT2D eigenvalue weighted by Gasteiger charge is 2.49. The zero-order valence-corrected chi connectivity index (χ0v) is 24.9. The van der Waals surface area contributed by atoms with Crippen molar-refractivity contribution in [2.75, 3.05) is 0 Å². The summed E-state index contributed by atoms with van der Waals surface area (Å²) in [5.74, 6) is 0.669. The quantitative estimate of drug-likeness (QED) is 0.185. The zero-order valence-electron chi connectivity index (χ0n) is 24.9. The van der Waals surface area contributed by atoms with Gasteiger partial charge in [0.2, 0.25) is 0 Å². The zero-order chi connectivity index (χ0) is 29.1. The summed E-state index contributed by atoms with van der Waals surface area (Å²) in [4.78, 5) is 0. The molecule has 0 aromatic heterocycles. The third-order valence-electron chi connectivity index (χ3n) is 10.7. The van der Waals surface area contributed by atoms with Crippen molar-refractivity contribution in [3.8, 4) is 22.3 Å². The molecule has 44 heavy (non-hydrogen) atoms. The van der Waals surface area contributed by atoms with Crippen LogP contribution in [-0.2, 0) is 0 Å². The summed E-state index contributed by atoms with van der Waals surface area (Å²) in [5, 5.41) is 5.23. The Morgan fingerprint density at radius 3 is 1.23 bits per heavy atom. The second-order valence-corrected chi connectivity index (χ2v) is 12.9. The lowest BCUT2D eigenvalue weighted by Crippen LogP contribution is -2.17. The molecule has 0 bridgehead atoms. The molecule has 0 spiro atoms. The molecule has 0 N–H and O–H groups in total. The van der Waals surface area contributed by atoms with Gasteiger partial charge in [-0.05, 0) is 125 Å². The standard InChI is InChI=1S/C44H30/c1-25-21-35-31-17-19-33-42-34(20-18-32(41(31)42)36(35)22-26(25)2)44-40(28-13-7-4-8-14-28)38-24-30-16-10-9-15-29(30)23-37(38)39(43(33)44)27-11-5-3-6-12-27/h3-24,41-42H,1-2H3. The van der Waals surface area contributed by atoms with Crippen LogP contribution in [-0.4, -0.2) is 0 Å². The second kappa shape index (κ2) is 8.68. The van der Waals surface area contributed by atoms with Crippen molar-refractivity contribution in [1.82, 2.24) is 0 Å². The van der Waals surface area contributed by atoms with E-state index in [0.29, 0.717) is 11.8 Å². The molecule has 0 amide bonds. The topological polar surface area (TPSA) is 0 Å². The Morgan fingerprint density at radius 1 is 0.386 bits per heavy atom. The maximum atomic E-state index is 2.47. The minimum atomic E-state index is 0.314. The number of hydrogen-bond acceptors (Lipinski definition) is 0. The fourth-order valence-electron chi connectivity index (χ4n) is 8.67. The van der Waals surface area contributed by atoms with Gasteiger partial charge in [-0.1, -0.05) is 121 Å². The van der Waals surface area contributed by atoms with Crippen LogP contribution >= 0.6 is 0 Å². The predicted molar refractivity (Wildman–Crippen MR) is 187 cm³/mol. The molecule has 0 nitrogen and oxygen atoms in total. The van der Waals surface area contributed by atoms with Gasteiger partial charge in [0.1, 0.15) is 0 Å². The molecule has 10 rings (SSSR count). The van der Waals surface area contributed by atoms with E-state index >= 15 is 0 Å². The fraction of sp³-hybridized carbons (Fsp3) is 0.0909. The minimum Gasteiger partial charge on any atom is -0.0622 e. The van der Waals surface area contributed by atoms with Crippen LogP contribution < -0.4 is 0 Å². The Hall–Kier alpha value is -5.20. The molecule has 0 unspecified atom stereocenters. The highest BCUT2D eigenvalue weighted by atomic mass is 14.5. The average molecular weight is 559 g/mol. The van der Waals surface area contributed by atoms with E-state index in [9.17, 15) is 0 Å². The van der Waals surface area contributed by atoms with Crippen LogP contribution in [0, 0.1) is 25.7 Å². The molecule has 0 saturated heterocycles. The van der Waals surface area contributed by atoms with Crippen molar-refractivity contribution in [2.24, 2.45) is 11.8 Å². The fourth-order valence-corrected chi connectivity index (χ4v) is 8.67. The summed E-state index contributed by atoms with van der Waals surface area (Å²) in [7, 11) is 0. The highest BCUT2D eigenvalue weighted by molar-refractivity contribution is 6.22. The summed E-state index contributed by atoms with van der Waals surface area (Å²) >= 11 is 0. The van der Waals surface area contributed by atoms with Crippen LogP contribution in [0.4, 0.5) is 0 Å². The van der Waals surface area contributed by atoms with Gasteiger partial charge in [-0.25, -0.2) is 0 Å². The molecule has 6 aromatic carbocycles. The van der Waals surface area contributed by atoms with E-state index in [1.165, 1.54) is 99.5 Å². The lowest BCUT2D eigenvalue weighted by Gasteiger charge is -2.31. The lowest BCUT2D eigenvalue weighted by molar-refractivity contribution is 0.758. The summed E-state index contributed by atoms with van der Waals surface area (Å²) in [6, 6.07) is 40.8. The molecule has 0 heteroatoms. The van der Waals surface area contributed by atoms with Crippen LogP contribution in [0.5, 0.6) is 0 Å². The van der Waals surface area contributed by atoms with Gasteiger partial charge in [0, 0.05) is 11.8 Å². The van der Waals surface area contributed by atoms with E-state index in [0.717, 1.165) is 0 Å². The lowest BCUT2D eigenvalue weighted by atomic mass is 9.72. The van der Waals surface area contributed by atoms with E-state index in [4.69, 9.17) is 0 Å². The molecular weight excluding hydrogens is 528 g/mol. The Morgan fingerprint density at radius 2 is 0.773 bits per heavy atom. The first kappa shape index (κ1) is 24.3. The van der Waals surface area contributed by atoms with Gasteiger partial charge in [0.05, 0.1) is 0 Å². The molecular formula is C44H30. The summed E-state index contributed by atoms with van der Waals surface area (Å²) in [6.45, 7) is 4.50. The van der Waals surface area contributed by atoms with Crippen molar-refractivity contribution < 1.29 is 0 Å². The highest BCUT2D eigenvalue weighted by Crippen LogP contribution is 2.66. The van der Waals surface area contributed by atoms with Crippen molar-refractivity contribution in [2.45, 2.75) is 13.8 Å². The molecule has 4 aliphatic carbocycles. The first-order chi connectivity index (χ1) is 21.7. The maximum absolute atomic E-state index is 2.47. The third-order valence-corrected chi connectivity index (χ3v) is 10.7. The maximum Gasteiger partial charge on any atom is 0.0212 e. The number of allylic oxidation sites excluding steroid dienone is 8. The Bertz CT molecular complexity index is 2210. The Labute approximate surface area is 258 Å². The average Bonchev–Trinajstić information content (AvgIpc) is 3.55. The van der Waals surface area contributed by atoms with Crippen molar-refractivity contribution in [3.63, 3.8) is 0 Å². The summed E-state index contributed by atoms with van der Waals surface area (Å²) < 4.78 is 0. The van der Waals surface area contributed by atoms with E-state index in [1.807, 2.05) is 0 Å². The van der Waals surface area contributed by atoms with Crippen LogP contribution in [0.15, 0.2) is 133 Å². The molecule has 0 saturated carbocycles. The van der Waals surface area contributed by atoms with Crippen LogP contribution in [0.1, 0.15) is 33.4 Å². The number of fused-ring (bicyclic) bond motifs is 8. The summed E-state index contributed by atoms with van der Waals surface area (Å²) in [6.07, 6.45) is 9.84. The second-order valence-electron chi connectivity index (χ2n) is 12.9. The predicted octanol–water partition coefficient (Wildman–Crippen LogP) is 11.5. The first-order valence-corrected chi connectivity index (χ1v) is 15.8. The monoisotopic (exact) mass is 558 g/mol. The molecule has 0 heterocycles. The van der Waals surface area contributed by atoms with E-state index in [1.54, 1.807) is 0 Å². The van der Waals surface area contributed by atoms with Gasteiger partial charge in [-0.2, -0.15) is 0 Å². The molecule has 0 atom stereocenters. The van der Waals surface area contributed by atoms with Gasteiger partial charge in [0.25, 0.3) is 0 Å². The number of rotatable bonds is 2. The smallest absolute Gasteiger partial charge is 0.0212 e. The molecule has 6 aromatic rings. The van der Waals surface area contributed by atoms with Gasteiger partial charge in [-0.3, -0.25) is 0 Å².